The van der Waals surface area contributed by atoms with E-state index in [1.807, 2.05) is 0 Å². The summed E-state index contributed by atoms with van der Waals surface area (Å²) in [5.74, 6) is 6.11. The van der Waals surface area contributed by atoms with Gasteiger partial charge in [0, 0.05) is 11.8 Å². The fourth-order valence-corrected chi connectivity index (χ4v) is 1.69. The molecule has 0 atom stereocenters. The highest BCUT2D eigenvalue weighted by atomic mass is 19.1. The lowest BCUT2D eigenvalue weighted by Gasteiger charge is -2.09. The first-order chi connectivity index (χ1) is 10.2. The van der Waals surface area contributed by atoms with E-state index in [4.69, 9.17) is 14.6 Å². The second-order valence-corrected chi connectivity index (χ2v) is 4.12. The van der Waals surface area contributed by atoms with Gasteiger partial charge in [-0.15, -0.1) is 0 Å². The van der Waals surface area contributed by atoms with Crippen LogP contribution in [0.25, 0.3) is 0 Å². The van der Waals surface area contributed by atoms with Crippen LogP contribution in [0.15, 0.2) is 36.7 Å². The average Bonchev–Trinajstić information content (AvgIpc) is 2.51. The van der Waals surface area contributed by atoms with Gasteiger partial charge >= 0.3 is 0 Å². The molecule has 0 fully saturated rings. The highest BCUT2D eigenvalue weighted by molar-refractivity contribution is 5.50. The second-order valence-electron chi connectivity index (χ2n) is 4.12. The molecule has 0 aliphatic heterocycles. The third-order valence-corrected chi connectivity index (χ3v) is 2.64. The minimum atomic E-state index is -0.411. The zero-order valence-electron chi connectivity index (χ0n) is 11.5. The Labute approximate surface area is 122 Å². The smallest absolute Gasteiger partial charge is 0.141 e. The predicted molar refractivity (Wildman–Crippen MR) is 75.5 cm³/mol. The summed E-state index contributed by atoms with van der Waals surface area (Å²) < 4.78 is 23.8. The molecule has 2 rings (SSSR count). The molecule has 4 nitrogen and oxygen atoms in total. The highest BCUT2D eigenvalue weighted by Gasteiger charge is 2.05. The molecule has 0 bridgehead atoms. The molecule has 1 N–H and O–H groups in total. The Hall–Kier alpha value is -2.58. The number of nitrogens with zero attached hydrogens (tertiary/aromatic N) is 1. The van der Waals surface area contributed by atoms with Gasteiger partial charge in [-0.3, -0.25) is 4.98 Å². The number of aliphatic hydroxyl groups excluding tert-OH is 1. The van der Waals surface area contributed by atoms with E-state index in [0.29, 0.717) is 22.6 Å². The van der Waals surface area contributed by atoms with Gasteiger partial charge in [-0.25, -0.2) is 4.39 Å². The Kier molecular flexibility index (Phi) is 5.13. The van der Waals surface area contributed by atoms with E-state index in [0.717, 1.165) is 6.20 Å². The van der Waals surface area contributed by atoms with Crippen molar-refractivity contribution in [3.8, 4) is 23.3 Å². The Bertz CT molecular complexity index is 677. The van der Waals surface area contributed by atoms with E-state index >= 15 is 0 Å². The zero-order valence-corrected chi connectivity index (χ0v) is 11.5. The van der Waals surface area contributed by atoms with Crippen LogP contribution in [0.5, 0.6) is 11.5 Å². The SMILES string of the molecule is COc1ccc(OCc2cncc(F)c2)c(C#CCO)c1. The molecule has 0 unspecified atom stereocenters. The number of halogens is 1. The number of hydrogen-bond acceptors (Lipinski definition) is 4. The average molecular weight is 287 g/mol. The molecule has 21 heavy (non-hydrogen) atoms. The minimum absolute atomic E-state index is 0.172. The van der Waals surface area contributed by atoms with Crippen molar-refractivity contribution in [2.24, 2.45) is 0 Å². The van der Waals surface area contributed by atoms with E-state index in [1.165, 1.54) is 12.3 Å². The number of aliphatic hydroxyl groups is 1. The fourth-order valence-electron chi connectivity index (χ4n) is 1.69. The van der Waals surface area contributed by atoms with Gasteiger partial charge < -0.3 is 14.6 Å². The lowest BCUT2D eigenvalue weighted by atomic mass is 10.2. The van der Waals surface area contributed by atoms with Crippen LogP contribution in [0.3, 0.4) is 0 Å². The van der Waals surface area contributed by atoms with Gasteiger partial charge in [0.1, 0.15) is 30.5 Å². The highest BCUT2D eigenvalue weighted by Crippen LogP contribution is 2.24. The molecule has 2 aromatic rings. The van der Waals surface area contributed by atoms with Crippen LogP contribution in [-0.4, -0.2) is 23.8 Å². The molecule has 0 aliphatic rings. The number of hydrogen-bond donors (Lipinski definition) is 1. The number of benzene rings is 1. The molecule has 0 radical (unpaired) electrons. The molecule has 1 aromatic carbocycles. The predicted octanol–water partition coefficient (Wildman–Crippen LogP) is 2.15. The lowest BCUT2D eigenvalue weighted by Crippen LogP contribution is -1.99. The maximum atomic E-state index is 13.1. The molecule has 0 saturated carbocycles. The van der Waals surface area contributed by atoms with Gasteiger partial charge in [0.2, 0.25) is 0 Å². The van der Waals surface area contributed by atoms with Crippen LogP contribution in [0, 0.1) is 17.7 Å². The first-order valence-electron chi connectivity index (χ1n) is 6.23. The first kappa shape index (κ1) is 14.8. The molecule has 0 spiro atoms. The van der Waals surface area contributed by atoms with Crippen molar-refractivity contribution in [3.05, 3.63) is 53.6 Å². The van der Waals surface area contributed by atoms with Gasteiger partial charge in [-0.1, -0.05) is 11.8 Å². The van der Waals surface area contributed by atoms with Crippen molar-refractivity contribution in [1.82, 2.24) is 4.98 Å². The quantitative estimate of drug-likeness (QED) is 0.875. The van der Waals surface area contributed by atoms with Gasteiger partial charge in [0.25, 0.3) is 0 Å². The molecular weight excluding hydrogens is 273 g/mol. The Morgan fingerprint density at radius 2 is 2.14 bits per heavy atom. The number of aromatic nitrogens is 1. The molecule has 108 valence electrons. The maximum absolute atomic E-state index is 13.1. The minimum Gasteiger partial charge on any atom is -0.497 e. The van der Waals surface area contributed by atoms with Crippen LogP contribution in [0.4, 0.5) is 4.39 Å². The Balaban J connectivity index is 2.18. The molecule has 5 heteroatoms. The fraction of sp³-hybridized carbons (Fsp3) is 0.188. The third kappa shape index (κ3) is 4.20. The summed E-state index contributed by atoms with van der Waals surface area (Å²) in [6, 6.07) is 6.52. The number of ether oxygens (including phenoxy) is 2. The summed E-state index contributed by atoms with van der Waals surface area (Å²) in [6.45, 7) is -0.0740. The monoisotopic (exact) mass is 287 g/mol. The van der Waals surface area contributed by atoms with E-state index in [-0.39, 0.29) is 13.2 Å². The lowest BCUT2D eigenvalue weighted by molar-refractivity contribution is 0.303. The summed E-state index contributed by atoms with van der Waals surface area (Å²) in [5.41, 5.74) is 1.21. The normalized spacial score (nSPS) is 9.67. The summed E-state index contributed by atoms with van der Waals surface area (Å²) in [4.78, 5) is 3.76. The van der Waals surface area contributed by atoms with E-state index < -0.39 is 5.82 Å². The van der Waals surface area contributed by atoms with Gasteiger partial charge in [0.05, 0.1) is 18.9 Å². The largest absolute Gasteiger partial charge is 0.497 e. The van der Waals surface area contributed by atoms with Crippen LogP contribution in [0.1, 0.15) is 11.1 Å². The maximum Gasteiger partial charge on any atom is 0.141 e. The van der Waals surface area contributed by atoms with E-state index in [1.54, 1.807) is 25.3 Å². The van der Waals surface area contributed by atoms with Crippen LogP contribution in [-0.2, 0) is 6.61 Å². The standard InChI is InChI=1S/C16H14FNO3/c1-20-15-4-5-16(13(8-15)3-2-6-19)21-11-12-7-14(17)10-18-9-12/h4-5,7-10,19H,6,11H2,1H3. The van der Waals surface area contributed by atoms with Crippen molar-refractivity contribution in [2.45, 2.75) is 6.61 Å². The van der Waals surface area contributed by atoms with Crippen molar-refractivity contribution in [2.75, 3.05) is 13.7 Å². The van der Waals surface area contributed by atoms with Crippen LogP contribution in [0.2, 0.25) is 0 Å². The van der Waals surface area contributed by atoms with Gasteiger partial charge in [0.15, 0.2) is 0 Å². The van der Waals surface area contributed by atoms with Crippen LogP contribution < -0.4 is 9.47 Å². The van der Waals surface area contributed by atoms with Crippen molar-refractivity contribution in [1.29, 1.82) is 0 Å². The third-order valence-electron chi connectivity index (χ3n) is 2.64. The van der Waals surface area contributed by atoms with E-state index in [2.05, 4.69) is 16.8 Å². The van der Waals surface area contributed by atoms with Crippen molar-refractivity contribution >= 4 is 0 Å². The van der Waals surface area contributed by atoms with Gasteiger partial charge in [-0.2, -0.15) is 0 Å². The van der Waals surface area contributed by atoms with E-state index in [9.17, 15) is 4.39 Å². The number of rotatable bonds is 4. The van der Waals surface area contributed by atoms with Gasteiger partial charge in [-0.05, 0) is 24.3 Å². The molecule has 1 heterocycles. The van der Waals surface area contributed by atoms with Crippen molar-refractivity contribution < 1.29 is 19.0 Å². The summed E-state index contributed by atoms with van der Waals surface area (Å²) >= 11 is 0. The summed E-state index contributed by atoms with van der Waals surface area (Å²) in [5, 5.41) is 8.79. The number of pyridine rings is 1. The molecule has 1 aromatic heterocycles. The summed E-state index contributed by atoms with van der Waals surface area (Å²) in [7, 11) is 1.55. The van der Waals surface area contributed by atoms with Crippen molar-refractivity contribution in [3.63, 3.8) is 0 Å². The first-order valence-corrected chi connectivity index (χ1v) is 6.23. The van der Waals surface area contributed by atoms with Crippen LogP contribution >= 0.6 is 0 Å². The second kappa shape index (κ2) is 7.27. The summed E-state index contributed by atoms with van der Waals surface area (Å²) in [6.07, 6.45) is 2.67. The number of methoxy groups -OCH3 is 1. The molecule has 0 saturated heterocycles. The Morgan fingerprint density at radius 1 is 1.29 bits per heavy atom. The molecule has 0 aliphatic carbocycles. The Morgan fingerprint density at radius 3 is 2.86 bits per heavy atom. The molecule has 0 amide bonds. The topological polar surface area (TPSA) is 51.6 Å². The zero-order chi connectivity index (χ0) is 15.1. The molecular formula is C16H14FNO3.